The zero-order valence-corrected chi connectivity index (χ0v) is 15.5. The van der Waals surface area contributed by atoms with Crippen LogP contribution in [-0.4, -0.2) is 16.2 Å². The molecule has 4 heteroatoms. The van der Waals surface area contributed by atoms with Crippen molar-refractivity contribution in [2.75, 3.05) is 6.61 Å². The first kappa shape index (κ1) is 17.5. The zero-order chi connectivity index (χ0) is 18.0. The molecule has 4 nitrogen and oxygen atoms in total. The van der Waals surface area contributed by atoms with Crippen LogP contribution in [0.15, 0.2) is 36.4 Å². The number of aromatic nitrogens is 2. The Bertz CT molecular complexity index is 882. The number of benzene rings is 2. The van der Waals surface area contributed by atoms with E-state index in [0.29, 0.717) is 6.61 Å². The van der Waals surface area contributed by atoms with Gasteiger partial charge in [-0.3, -0.25) is 0 Å². The second-order valence-electron chi connectivity index (χ2n) is 6.73. The monoisotopic (exact) mass is 337 g/mol. The highest BCUT2D eigenvalue weighted by Gasteiger charge is 2.16. The molecule has 1 atom stereocenters. The first-order valence-corrected chi connectivity index (χ1v) is 8.92. The normalized spacial score (nSPS) is 12.5. The summed E-state index contributed by atoms with van der Waals surface area (Å²) in [6.45, 7) is 9.73. The van der Waals surface area contributed by atoms with Gasteiger partial charge < -0.3 is 15.0 Å². The zero-order valence-electron chi connectivity index (χ0n) is 15.5. The molecule has 0 aliphatic heterocycles. The Kier molecular flexibility index (Phi) is 5.09. The van der Waals surface area contributed by atoms with Crippen LogP contribution in [0.5, 0.6) is 5.75 Å². The Morgan fingerprint density at radius 3 is 2.60 bits per heavy atom. The summed E-state index contributed by atoms with van der Waals surface area (Å²) in [7, 11) is 0. The maximum atomic E-state index is 6.31. The number of hydrogen-bond donors (Lipinski definition) is 1. The van der Waals surface area contributed by atoms with Crippen molar-refractivity contribution in [3.8, 4) is 5.75 Å². The van der Waals surface area contributed by atoms with Gasteiger partial charge in [-0.15, -0.1) is 0 Å². The van der Waals surface area contributed by atoms with Crippen molar-refractivity contribution in [2.45, 2.75) is 46.7 Å². The minimum Gasteiger partial charge on any atom is -0.492 e. The average molecular weight is 337 g/mol. The van der Waals surface area contributed by atoms with Crippen LogP contribution in [0.2, 0.25) is 0 Å². The summed E-state index contributed by atoms with van der Waals surface area (Å²) in [5.74, 6) is 1.84. The Balaban J connectivity index is 1.88. The molecule has 0 saturated heterocycles. The lowest BCUT2D eigenvalue weighted by Crippen LogP contribution is -2.18. The van der Waals surface area contributed by atoms with Crippen LogP contribution in [0.1, 0.15) is 41.9 Å². The minimum absolute atomic E-state index is 0.0630. The van der Waals surface area contributed by atoms with E-state index in [1.54, 1.807) is 0 Å². The number of ether oxygens (including phenoxy) is 1. The fourth-order valence-corrected chi connectivity index (χ4v) is 3.06. The number of fused-ring (bicyclic) bond motifs is 1. The molecule has 1 unspecified atom stereocenters. The van der Waals surface area contributed by atoms with Crippen LogP contribution in [-0.2, 0) is 6.54 Å². The molecule has 0 bridgehead atoms. The Morgan fingerprint density at radius 1 is 1.12 bits per heavy atom. The van der Waals surface area contributed by atoms with Crippen LogP contribution in [0.25, 0.3) is 11.0 Å². The lowest BCUT2D eigenvalue weighted by molar-refractivity contribution is 0.296. The summed E-state index contributed by atoms with van der Waals surface area (Å²) in [6.07, 6.45) is 0.861. The molecule has 2 N–H and O–H groups in total. The van der Waals surface area contributed by atoms with Gasteiger partial charge in [0.1, 0.15) is 18.2 Å². The second kappa shape index (κ2) is 7.28. The maximum absolute atomic E-state index is 6.31. The highest BCUT2D eigenvalue weighted by Crippen LogP contribution is 2.24. The lowest BCUT2D eigenvalue weighted by Gasteiger charge is -2.14. The third-order valence-corrected chi connectivity index (χ3v) is 4.74. The van der Waals surface area contributed by atoms with E-state index in [9.17, 15) is 0 Å². The van der Waals surface area contributed by atoms with Gasteiger partial charge in [-0.05, 0) is 68.1 Å². The molecule has 1 aromatic heterocycles. The van der Waals surface area contributed by atoms with Crippen LogP contribution < -0.4 is 10.5 Å². The van der Waals surface area contributed by atoms with E-state index in [1.165, 1.54) is 16.7 Å². The molecule has 25 heavy (non-hydrogen) atoms. The van der Waals surface area contributed by atoms with E-state index in [2.05, 4.69) is 56.5 Å². The van der Waals surface area contributed by atoms with Crippen molar-refractivity contribution in [3.63, 3.8) is 0 Å². The molecule has 0 aliphatic carbocycles. The Labute approximate surface area is 149 Å². The van der Waals surface area contributed by atoms with Crippen molar-refractivity contribution >= 4 is 11.0 Å². The van der Waals surface area contributed by atoms with E-state index in [4.69, 9.17) is 15.5 Å². The average Bonchev–Trinajstić information content (AvgIpc) is 2.92. The molecule has 0 radical (unpaired) electrons. The molecule has 1 heterocycles. The Morgan fingerprint density at radius 2 is 1.88 bits per heavy atom. The molecule has 0 fully saturated rings. The first-order chi connectivity index (χ1) is 12.0. The number of aryl methyl sites for hydroxylation is 3. The van der Waals surface area contributed by atoms with Gasteiger partial charge in [0.05, 0.1) is 23.6 Å². The number of rotatable bonds is 6. The van der Waals surface area contributed by atoms with Crippen molar-refractivity contribution in [2.24, 2.45) is 5.73 Å². The number of hydrogen-bond acceptors (Lipinski definition) is 3. The molecule has 0 spiro atoms. The topological polar surface area (TPSA) is 53.1 Å². The molecule has 3 aromatic rings. The largest absolute Gasteiger partial charge is 0.492 e. The number of nitrogens with zero attached hydrogens (tertiary/aromatic N) is 2. The van der Waals surface area contributed by atoms with Gasteiger partial charge in [-0.25, -0.2) is 4.98 Å². The fraction of sp³-hybridized carbons (Fsp3) is 0.381. The highest BCUT2D eigenvalue weighted by molar-refractivity contribution is 5.78. The predicted octanol–water partition coefficient (Wildman–Crippen LogP) is 4.45. The summed E-state index contributed by atoms with van der Waals surface area (Å²) < 4.78 is 8.16. The third-order valence-electron chi connectivity index (χ3n) is 4.74. The van der Waals surface area contributed by atoms with Gasteiger partial charge in [0.15, 0.2) is 0 Å². The molecule has 132 valence electrons. The molecule has 0 aliphatic rings. The van der Waals surface area contributed by atoms with Crippen LogP contribution in [0.4, 0.5) is 0 Å². The van der Waals surface area contributed by atoms with Crippen molar-refractivity contribution in [1.82, 2.24) is 9.55 Å². The lowest BCUT2D eigenvalue weighted by atomic mass is 10.1. The standard InChI is InChI=1S/C21H27N3O/c1-5-18(22)21-23-19-12-15(3)16(4)13-20(19)24(21)9-10-25-17-8-6-7-14(2)11-17/h6-8,11-13,18H,5,9-10,22H2,1-4H3. The van der Waals surface area contributed by atoms with Crippen molar-refractivity contribution in [1.29, 1.82) is 0 Å². The highest BCUT2D eigenvalue weighted by atomic mass is 16.5. The van der Waals surface area contributed by atoms with Gasteiger partial charge in [0.25, 0.3) is 0 Å². The molecule has 3 rings (SSSR count). The van der Waals surface area contributed by atoms with Gasteiger partial charge in [0, 0.05) is 0 Å². The quantitative estimate of drug-likeness (QED) is 0.723. The van der Waals surface area contributed by atoms with Gasteiger partial charge >= 0.3 is 0 Å². The van der Waals surface area contributed by atoms with E-state index in [0.717, 1.165) is 35.6 Å². The van der Waals surface area contributed by atoms with Crippen molar-refractivity contribution in [3.05, 3.63) is 58.9 Å². The van der Waals surface area contributed by atoms with Crippen molar-refractivity contribution < 1.29 is 4.74 Å². The second-order valence-corrected chi connectivity index (χ2v) is 6.73. The van der Waals surface area contributed by atoms with E-state index in [-0.39, 0.29) is 6.04 Å². The predicted molar refractivity (Wildman–Crippen MR) is 103 cm³/mol. The molecular weight excluding hydrogens is 310 g/mol. The minimum atomic E-state index is -0.0630. The number of nitrogens with two attached hydrogens (primary N) is 1. The van der Waals surface area contributed by atoms with E-state index < -0.39 is 0 Å². The Hall–Kier alpha value is -2.33. The maximum Gasteiger partial charge on any atom is 0.126 e. The summed E-state index contributed by atoms with van der Waals surface area (Å²) >= 11 is 0. The molecular formula is C21H27N3O. The summed E-state index contributed by atoms with van der Waals surface area (Å²) in [5, 5.41) is 0. The summed E-state index contributed by atoms with van der Waals surface area (Å²) in [6, 6.07) is 12.4. The van der Waals surface area contributed by atoms with Crippen LogP contribution >= 0.6 is 0 Å². The fourth-order valence-electron chi connectivity index (χ4n) is 3.06. The SMILES string of the molecule is CCC(N)c1nc2cc(C)c(C)cc2n1CCOc1cccc(C)c1. The van der Waals surface area contributed by atoms with Gasteiger partial charge in [-0.2, -0.15) is 0 Å². The van der Waals surface area contributed by atoms with Gasteiger partial charge in [0.2, 0.25) is 0 Å². The van der Waals surface area contributed by atoms with E-state index >= 15 is 0 Å². The first-order valence-electron chi connectivity index (χ1n) is 8.92. The summed E-state index contributed by atoms with van der Waals surface area (Å²) in [4.78, 5) is 4.81. The molecule has 0 saturated carbocycles. The molecule has 0 amide bonds. The summed E-state index contributed by atoms with van der Waals surface area (Å²) in [5.41, 5.74) is 12.2. The van der Waals surface area contributed by atoms with Crippen LogP contribution in [0.3, 0.4) is 0 Å². The van der Waals surface area contributed by atoms with Crippen LogP contribution in [0, 0.1) is 20.8 Å². The van der Waals surface area contributed by atoms with E-state index in [1.807, 2.05) is 12.1 Å². The molecule has 2 aromatic carbocycles. The third kappa shape index (κ3) is 3.69. The smallest absolute Gasteiger partial charge is 0.126 e. The number of imidazole rings is 1. The van der Waals surface area contributed by atoms with Gasteiger partial charge in [-0.1, -0.05) is 19.1 Å².